The number of allylic oxidation sites excluding steroid dienone is 2. The first-order chi connectivity index (χ1) is 13.5. The molecule has 2 aliphatic rings. The summed E-state index contributed by atoms with van der Waals surface area (Å²) in [6, 6.07) is 0. The number of carbonyl (C=O) groups excluding carboxylic acids is 1. The zero-order valence-electron chi connectivity index (χ0n) is 16.8. The predicted octanol–water partition coefficient (Wildman–Crippen LogP) is 3.62. The lowest BCUT2D eigenvalue weighted by Crippen LogP contribution is -2.33. The van der Waals surface area contributed by atoms with Crippen LogP contribution in [-0.2, 0) is 14.3 Å². The summed E-state index contributed by atoms with van der Waals surface area (Å²) in [5, 5.41) is 19.1. The molecule has 2 N–H and O–H groups in total. The van der Waals surface area contributed by atoms with Crippen molar-refractivity contribution in [3.05, 3.63) is 48.6 Å². The molecule has 2 aliphatic heterocycles. The highest BCUT2D eigenvalue weighted by Crippen LogP contribution is 2.25. The highest BCUT2D eigenvalue weighted by Gasteiger charge is 2.22. The fraction of sp³-hybridized carbons (Fsp3) is 0.609. The molecule has 0 saturated carbocycles. The summed E-state index contributed by atoms with van der Waals surface area (Å²) in [7, 11) is 0. The van der Waals surface area contributed by atoms with Gasteiger partial charge in [0.15, 0.2) is 0 Å². The quantitative estimate of drug-likeness (QED) is 0.556. The number of hydrogen-bond donors (Lipinski definition) is 2. The van der Waals surface area contributed by atoms with Gasteiger partial charge < -0.3 is 19.7 Å². The molecule has 2 rings (SSSR count). The molecule has 5 atom stereocenters. The Labute approximate surface area is 168 Å². The first-order valence-electron chi connectivity index (χ1n) is 10.3. The summed E-state index contributed by atoms with van der Waals surface area (Å²) < 4.78 is 11.5. The van der Waals surface area contributed by atoms with E-state index in [2.05, 4.69) is 19.6 Å². The maximum Gasteiger partial charge on any atom is 0.330 e. The monoisotopic (exact) mass is 390 g/mol. The Morgan fingerprint density at radius 1 is 1.21 bits per heavy atom. The van der Waals surface area contributed by atoms with Crippen LogP contribution < -0.4 is 0 Å². The number of ether oxygens (including phenoxy) is 2. The van der Waals surface area contributed by atoms with Gasteiger partial charge >= 0.3 is 5.97 Å². The Balaban J connectivity index is 2.06. The summed E-state index contributed by atoms with van der Waals surface area (Å²) >= 11 is 0. The number of aliphatic hydroxyl groups is 2. The Morgan fingerprint density at radius 3 is 2.82 bits per heavy atom. The molecular formula is C23H34O5. The third-order valence-electron chi connectivity index (χ3n) is 5.13. The van der Waals surface area contributed by atoms with Crippen molar-refractivity contribution in [2.45, 2.75) is 76.3 Å². The molecular weight excluding hydrogens is 356 g/mol. The molecule has 0 saturated heterocycles. The molecule has 156 valence electrons. The first-order valence-corrected chi connectivity index (χ1v) is 10.3. The van der Waals surface area contributed by atoms with Crippen molar-refractivity contribution in [1.82, 2.24) is 0 Å². The van der Waals surface area contributed by atoms with Gasteiger partial charge in [-0.3, -0.25) is 0 Å². The summed E-state index contributed by atoms with van der Waals surface area (Å²) in [6.07, 6.45) is 15.1. The molecule has 0 aromatic rings. The standard InChI is InChI=1S/C23H34O5/c1-17-8-4-3-5-12-22(21(25)16-24)28-23(26)13-7-10-19-9-6-11-20(27-19)15-18(2)14-17/h3,5-7,9,13,18-22,24-25H,1,4,8,10-12,14-16H2,2H3/b5-3+,13-7-/t18-,19-,20-,21-,22-/m0/s1. The zero-order chi connectivity index (χ0) is 20.4. The van der Waals surface area contributed by atoms with Crippen LogP contribution in [0.4, 0.5) is 0 Å². The van der Waals surface area contributed by atoms with Crippen molar-refractivity contribution in [3.63, 3.8) is 0 Å². The summed E-state index contributed by atoms with van der Waals surface area (Å²) in [4.78, 5) is 12.1. The van der Waals surface area contributed by atoms with E-state index in [4.69, 9.17) is 9.47 Å². The maximum absolute atomic E-state index is 12.1. The van der Waals surface area contributed by atoms with Crippen molar-refractivity contribution < 1.29 is 24.5 Å². The molecule has 0 aromatic heterocycles. The SMILES string of the molecule is C=C1CC/C=C/C[C@@H]([C@@H](O)CO)OC(=O)/C=C\C[C@@H]2C=CC[C@@H](C[C@@H](C)C1)O2. The van der Waals surface area contributed by atoms with Crippen LogP contribution in [-0.4, -0.2) is 47.2 Å². The summed E-state index contributed by atoms with van der Waals surface area (Å²) in [6.45, 7) is 5.99. The van der Waals surface area contributed by atoms with Gasteiger partial charge in [-0.25, -0.2) is 4.79 Å². The van der Waals surface area contributed by atoms with Crippen molar-refractivity contribution in [2.75, 3.05) is 6.61 Å². The predicted molar refractivity (Wildman–Crippen MR) is 110 cm³/mol. The van der Waals surface area contributed by atoms with Crippen LogP contribution in [0.25, 0.3) is 0 Å². The summed E-state index contributed by atoms with van der Waals surface area (Å²) in [5.41, 5.74) is 1.22. The number of fused-ring (bicyclic) bond motifs is 2. The minimum absolute atomic E-state index is 0.0427. The molecule has 28 heavy (non-hydrogen) atoms. The lowest BCUT2D eigenvalue weighted by atomic mass is 9.92. The number of carbonyl (C=O) groups is 1. The topological polar surface area (TPSA) is 76.0 Å². The lowest BCUT2D eigenvalue weighted by Gasteiger charge is -2.28. The third kappa shape index (κ3) is 8.13. The van der Waals surface area contributed by atoms with Crippen LogP contribution in [0.2, 0.25) is 0 Å². The van der Waals surface area contributed by atoms with Crippen LogP contribution in [0.1, 0.15) is 51.9 Å². The number of esters is 1. The molecule has 0 aliphatic carbocycles. The number of aliphatic hydroxyl groups excluding tert-OH is 2. The normalized spacial score (nSPS) is 34.0. The Morgan fingerprint density at radius 2 is 2.04 bits per heavy atom. The minimum Gasteiger partial charge on any atom is -0.456 e. The van der Waals surface area contributed by atoms with Crippen LogP contribution >= 0.6 is 0 Å². The van der Waals surface area contributed by atoms with Gasteiger partial charge in [-0.2, -0.15) is 0 Å². The highest BCUT2D eigenvalue weighted by atomic mass is 16.6. The second-order valence-corrected chi connectivity index (χ2v) is 7.86. The summed E-state index contributed by atoms with van der Waals surface area (Å²) in [5.74, 6) is -0.00697. The van der Waals surface area contributed by atoms with E-state index in [0.717, 1.165) is 32.1 Å². The second-order valence-electron chi connectivity index (χ2n) is 7.86. The molecule has 5 heteroatoms. The van der Waals surface area contributed by atoms with Crippen LogP contribution in [0.15, 0.2) is 48.6 Å². The van der Waals surface area contributed by atoms with Gasteiger partial charge in [0.2, 0.25) is 0 Å². The van der Waals surface area contributed by atoms with E-state index in [1.165, 1.54) is 11.6 Å². The molecule has 2 heterocycles. The van der Waals surface area contributed by atoms with Gasteiger partial charge in [0.1, 0.15) is 12.2 Å². The fourth-order valence-corrected chi connectivity index (χ4v) is 3.67. The largest absolute Gasteiger partial charge is 0.456 e. The Bertz CT molecular complexity index is 592. The van der Waals surface area contributed by atoms with Gasteiger partial charge in [0.05, 0.1) is 18.8 Å². The van der Waals surface area contributed by atoms with E-state index >= 15 is 0 Å². The third-order valence-corrected chi connectivity index (χ3v) is 5.13. The number of rotatable bonds is 2. The second kappa shape index (κ2) is 12.0. The lowest BCUT2D eigenvalue weighted by molar-refractivity contribution is -0.150. The van der Waals surface area contributed by atoms with Gasteiger partial charge in [-0.05, 0) is 44.4 Å². The van der Waals surface area contributed by atoms with Crippen molar-refractivity contribution in [1.29, 1.82) is 0 Å². The Kier molecular flexibility index (Phi) is 9.68. The molecule has 0 fully saturated rings. The smallest absolute Gasteiger partial charge is 0.330 e. The molecule has 0 amide bonds. The number of hydrogen-bond acceptors (Lipinski definition) is 5. The first kappa shape index (κ1) is 22.6. The van der Waals surface area contributed by atoms with Crippen molar-refractivity contribution in [2.24, 2.45) is 5.92 Å². The van der Waals surface area contributed by atoms with E-state index in [0.29, 0.717) is 18.8 Å². The molecule has 0 aromatic carbocycles. The van der Waals surface area contributed by atoms with Crippen LogP contribution in [0.3, 0.4) is 0 Å². The molecule has 5 nitrogen and oxygen atoms in total. The van der Waals surface area contributed by atoms with E-state index < -0.39 is 24.8 Å². The van der Waals surface area contributed by atoms with Gasteiger partial charge in [-0.15, -0.1) is 0 Å². The van der Waals surface area contributed by atoms with E-state index in [1.54, 1.807) is 6.08 Å². The van der Waals surface area contributed by atoms with Gasteiger partial charge in [-0.1, -0.05) is 49.5 Å². The fourth-order valence-electron chi connectivity index (χ4n) is 3.67. The minimum atomic E-state index is -1.10. The average molecular weight is 391 g/mol. The van der Waals surface area contributed by atoms with Gasteiger partial charge in [0.25, 0.3) is 0 Å². The van der Waals surface area contributed by atoms with Gasteiger partial charge in [0, 0.05) is 12.5 Å². The molecule has 0 radical (unpaired) electrons. The Hall–Kier alpha value is -1.69. The van der Waals surface area contributed by atoms with E-state index in [-0.39, 0.29) is 12.2 Å². The highest BCUT2D eigenvalue weighted by molar-refractivity contribution is 5.82. The van der Waals surface area contributed by atoms with Crippen molar-refractivity contribution in [3.8, 4) is 0 Å². The molecule has 0 unspecified atom stereocenters. The van der Waals surface area contributed by atoms with Crippen molar-refractivity contribution >= 4 is 5.97 Å². The zero-order valence-corrected chi connectivity index (χ0v) is 16.8. The molecule has 2 bridgehead atoms. The molecule has 0 spiro atoms. The average Bonchev–Trinajstić information content (AvgIpc) is 2.65. The maximum atomic E-state index is 12.1. The number of cyclic esters (lactones) is 1. The van der Waals surface area contributed by atoms with E-state index in [1.807, 2.05) is 18.2 Å². The van der Waals surface area contributed by atoms with Crippen LogP contribution in [0, 0.1) is 5.92 Å². The van der Waals surface area contributed by atoms with E-state index in [9.17, 15) is 15.0 Å². The van der Waals surface area contributed by atoms with Crippen LogP contribution in [0.5, 0.6) is 0 Å².